The molecule has 0 aliphatic carbocycles. The maximum absolute atomic E-state index is 10.9. The predicted octanol–water partition coefficient (Wildman–Crippen LogP) is 1.47. The van der Waals surface area contributed by atoms with Gasteiger partial charge in [0.1, 0.15) is 0 Å². The molecule has 0 radical (unpaired) electrons. The summed E-state index contributed by atoms with van der Waals surface area (Å²) in [7, 11) is 0. The molecular weight excluding hydrogens is 176 g/mol. The molecule has 0 saturated carbocycles. The number of ketones is 1. The Morgan fingerprint density at radius 2 is 2.00 bits per heavy atom. The summed E-state index contributed by atoms with van der Waals surface area (Å²) >= 11 is -2.08. The fourth-order valence-electron chi connectivity index (χ4n) is 0.910. The molecule has 1 rings (SSSR count). The molecule has 64 valence electrons. The van der Waals surface area contributed by atoms with E-state index in [0.29, 0.717) is 5.56 Å². The Bertz CT molecular complexity index is 300. The number of hydrogen-bond acceptors (Lipinski definition) is 2. The summed E-state index contributed by atoms with van der Waals surface area (Å²) in [5.74, 6) is -0.201. The zero-order valence-corrected chi connectivity index (χ0v) is 7.30. The molecule has 0 amide bonds. The van der Waals surface area contributed by atoms with Crippen LogP contribution in [0.25, 0.3) is 0 Å². The van der Waals surface area contributed by atoms with E-state index in [0.717, 1.165) is 0 Å². The third kappa shape index (κ3) is 1.78. The van der Waals surface area contributed by atoms with Gasteiger partial charge in [-0.3, -0.25) is 4.79 Å². The fraction of sp³-hybridized carbons (Fsp3) is 0.125. The van der Waals surface area contributed by atoms with Gasteiger partial charge in [-0.25, -0.2) is 4.21 Å². The summed E-state index contributed by atoms with van der Waals surface area (Å²) in [4.78, 5) is 11.1. The third-order valence-corrected chi connectivity index (χ3v) is 2.19. The van der Waals surface area contributed by atoms with Crippen LogP contribution in [0.3, 0.4) is 0 Å². The molecule has 1 atom stereocenters. The van der Waals surface area contributed by atoms with E-state index in [1.165, 1.54) is 19.1 Å². The second-order valence-corrected chi connectivity index (χ2v) is 3.24. The number of carbonyl (C=O) groups is 1. The van der Waals surface area contributed by atoms with Crippen molar-refractivity contribution in [3.05, 3.63) is 29.8 Å². The average Bonchev–Trinajstić information content (AvgIpc) is 2.04. The van der Waals surface area contributed by atoms with Crippen LogP contribution in [0.1, 0.15) is 17.3 Å². The maximum atomic E-state index is 10.9. The van der Waals surface area contributed by atoms with Crippen LogP contribution >= 0.6 is 0 Å². The van der Waals surface area contributed by atoms with Gasteiger partial charge in [0.2, 0.25) is 0 Å². The van der Waals surface area contributed by atoms with E-state index in [9.17, 15) is 9.00 Å². The average molecular weight is 184 g/mol. The monoisotopic (exact) mass is 184 g/mol. The Morgan fingerprint density at radius 3 is 2.42 bits per heavy atom. The number of hydrogen-bond donors (Lipinski definition) is 1. The van der Waals surface area contributed by atoms with E-state index in [-0.39, 0.29) is 10.7 Å². The molecule has 0 spiro atoms. The molecule has 0 bridgehead atoms. The highest BCUT2D eigenvalue weighted by atomic mass is 32.2. The molecule has 0 saturated heterocycles. The predicted molar refractivity (Wildman–Crippen MR) is 45.5 cm³/mol. The highest BCUT2D eigenvalue weighted by molar-refractivity contribution is 7.79. The van der Waals surface area contributed by atoms with Gasteiger partial charge < -0.3 is 4.55 Å². The zero-order valence-electron chi connectivity index (χ0n) is 6.48. The van der Waals surface area contributed by atoms with Crippen LogP contribution in [0.2, 0.25) is 0 Å². The van der Waals surface area contributed by atoms with Crippen molar-refractivity contribution >= 4 is 16.9 Å². The summed E-state index contributed by atoms with van der Waals surface area (Å²) < 4.78 is 19.5. The second kappa shape index (κ2) is 3.60. The number of carbonyl (C=O) groups excluding carboxylic acids is 1. The molecule has 3 nitrogen and oxygen atoms in total. The van der Waals surface area contributed by atoms with E-state index in [1.54, 1.807) is 12.1 Å². The van der Waals surface area contributed by atoms with Gasteiger partial charge in [0.25, 0.3) is 0 Å². The smallest absolute Gasteiger partial charge is 0.187 e. The zero-order chi connectivity index (χ0) is 9.14. The summed E-state index contributed by atoms with van der Waals surface area (Å²) in [5, 5.41) is 0. The minimum atomic E-state index is -2.08. The van der Waals surface area contributed by atoms with E-state index in [4.69, 9.17) is 4.55 Å². The van der Waals surface area contributed by atoms with Gasteiger partial charge in [0, 0.05) is 5.56 Å². The number of Topliss-reactive ketones (excluding diaryl/α,β-unsaturated/α-hetero) is 1. The molecule has 0 aliphatic heterocycles. The van der Waals surface area contributed by atoms with Gasteiger partial charge in [-0.15, -0.1) is 0 Å². The first kappa shape index (κ1) is 9.09. The van der Waals surface area contributed by atoms with Crippen molar-refractivity contribution in [3.63, 3.8) is 0 Å². The molecule has 0 aromatic heterocycles. The topological polar surface area (TPSA) is 54.4 Å². The fourth-order valence-corrected chi connectivity index (χ4v) is 1.50. The molecule has 1 unspecified atom stereocenters. The first-order chi connectivity index (χ1) is 5.63. The minimum Gasteiger partial charge on any atom is -0.302 e. The Balaban J connectivity index is 3.27. The summed E-state index contributed by atoms with van der Waals surface area (Å²) in [6, 6.07) is 6.28. The van der Waals surface area contributed by atoms with Crippen LogP contribution in [-0.2, 0) is 11.1 Å². The Hall–Kier alpha value is -1.00. The minimum absolute atomic E-state index is 0.171. The van der Waals surface area contributed by atoms with Gasteiger partial charge in [-0.2, -0.15) is 0 Å². The van der Waals surface area contributed by atoms with E-state index < -0.39 is 11.1 Å². The molecule has 0 heterocycles. The second-order valence-electron chi connectivity index (χ2n) is 2.30. The van der Waals surface area contributed by atoms with Gasteiger partial charge in [0.15, 0.2) is 16.9 Å². The maximum Gasteiger partial charge on any atom is 0.187 e. The number of benzene rings is 1. The van der Waals surface area contributed by atoms with Crippen molar-refractivity contribution in [2.24, 2.45) is 0 Å². The van der Waals surface area contributed by atoms with Crippen LogP contribution in [0, 0.1) is 0 Å². The molecular formula is C8H8O3S. The lowest BCUT2D eigenvalue weighted by Crippen LogP contribution is -2.00. The lowest BCUT2D eigenvalue weighted by Gasteiger charge is -2.00. The molecule has 12 heavy (non-hydrogen) atoms. The van der Waals surface area contributed by atoms with Crippen LogP contribution in [0.4, 0.5) is 0 Å². The molecule has 4 heteroatoms. The number of rotatable bonds is 2. The van der Waals surface area contributed by atoms with Crippen molar-refractivity contribution in [1.29, 1.82) is 0 Å². The van der Waals surface area contributed by atoms with Crippen LogP contribution in [0.15, 0.2) is 29.2 Å². The SMILES string of the molecule is CC(=O)c1ccccc1S(=O)O. The third-order valence-electron chi connectivity index (χ3n) is 1.45. The van der Waals surface area contributed by atoms with Crippen molar-refractivity contribution in [1.82, 2.24) is 0 Å². The Kier molecular flexibility index (Phi) is 2.73. The molecule has 0 fully saturated rings. The lowest BCUT2D eigenvalue weighted by molar-refractivity contribution is 0.101. The Morgan fingerprint density at radius 1 is 1.42 bits per heavy atom. The van der Waals surface area contributed by atoms with Gasteiger partial charge in [-0.1, -0.05) is 18.2 Å². The quantitative estimate of drug-likeness (QED) is 0.559. The van der Waals surface area contributed by atoms with E-state index in [2.05, 4.69) is 0 Å². The Labute approximate surface area is 72.7 Å². The van der Waals surface area contributed by atoms with E-state index >= 15 is 0 Å². The largest absolute Gasteiger partial charge is 0.302 e. The molecule has 0 aliphatic rings. The van der Waals surface area contributed by atoms with Crippen LogP contribution in [-0.4, -0.2) is 14.5 Å². The standard InChI is InChI=1S/C8H8O3S/c1-6(9)7-4-2-3-5-8(7)12(10)11/h2-5H,1H3,(H,10,11). The van der Waals surface area contributed by atoms with Crippen molar-refractivity contribution in [2.45, 2.75) is 11.8 Å². The summed E-state index contributed by atoms with van der Waals surface area (Å²) in [5.41, 5.74) is 0.304. The first-order valence-electron chi connectivity index (χ1n) is 3.33. The normalized spacial score (nSPS) is 12.5. The van der Waals surface area contributed by atoms with Crippen LogP contribution in [0.5, 0.6) is 0 Å². The highest BCUT2D eigenvalue weighted by Crippen LogP contribution is 2.12. The van der Waals surface area contributed by atoms with Crippen molar-refractivity contribution in [3.8, 4) is 0 Å². The molecule has 1 aromatic rings. The lowest BCUT2D eigenvalue weighted by atomic mass is 10.1. The molecule has 1 N–H and O–H groups in total. The van der Waals surface area contributed by atoms with Crippen molar-refractivity contribution < 1.29 is 13.6 Å². The van der Waals surface area contributed by atoms with Crippen LogP contribution < -0.4 is 0 Å². The van der Waals surface area contributed by atoms with Gasteiger partial charge in [0.05, 0.1) is 4.90 Å². The highest BCUT2D eigenvalue weighted by Gasteiger charge is 2.09. The van der Waals surface area contributed by atoms with Gasteiger partial charge >= 0.3 is 0 Å². The summed E-state index contributed by atoms with van der Waals surface area (Å²) in [6.07, 6.45) is 0. The summed E-state index contributed by atoms with van der Waals surface area (Å²) in [6.45, 7) is 1.37. The first-order valence-corrected chi connectivity index (χ1v) is 4.44. The van der Waals surface area contributed by atoms with E-state index in [1.807, 2.05) is 0 Å². The molecule has 1 aromatic carbocycles. The van der Waals surface area contributed by atoms with Gasteiger partial charge in [-0.05, 0) is 13.0 Å². The van der Waals surface area contributed by atoms with Crippen molar-refractivity contribution in [2.75, 3.05) is 0 Å².